The van der Waals surface area contributed by atoms with Crippen LogP contribution < -0.4 is 0 Å². The van der Waals surface area contributed by atoms with Crippen LogP contribution in [0.15, 0.2) is 60.7 Å². The molecule has 1 aliphatic carbocycles. The van der Waals surface area contributed by atoms with E-state index in [1.54, 1.807) is 0 Å². The number of carbonyl (C=O) groups excluding carboxylic acids is 1. The highest BCUT2D eigenvalue weighted by Crippen LogP contribution is 2.41. The molecule has 1 atom stereocenters. The van der Waals surface area contributed by atoms with Gasteiger partial charge in [-0.1, -0.05) is 62.4 Å². The number of hydrogen-bond donors (Lipinski definition) is 1. The molecule has 4 heteroatoms. The first kappa shape index (κ1) is 19.3. The summed E-state index contributed by atoms with van der Waals surface area (Å²) in [5.41, 5.74) is 8.11. The van der Waals surface area contributed by atoms with Crippen molar-refractivity contribution in [3.8, 4) is 11.3 Å². The zero-order chi connectivity index (χ0) is 22.0. The van der Waals surface area contributed by atoms with E-state index in [1.165, 1.54) is 27.6 Å². The lowest BCUT2D eigenvalue weighted by atomic mass is 9.90. The van der Waals surface area contributed by atoms with E-state index >= 15 is 0 Å². The van der Waals surface area contributed by atoms with Gasteiger partial charge in [0.15, 0.2) is 0 Å². The summed E-state index contributed by atoms with van der Waals surface area (Å²) >= 11 is 0. The molecule has 2 aliphatic rings. The average molecular weight is 422 g/mol. The second-order valence-electron chi connectivity index (χ2n) is 10.1. The third kappa shape index (κ3) is 2.89. The van der Waals surface area contributed by atoms with Crippen molar-refractivity contribution in [2.45, 2.75) is 46.2 Å². The van der Waals surface area contributed by atoms with E-state index in [1.807, 2.05) is 11.0 Å². The van der Waals surface area contributed by atoms with Crippen LogP contribution in [0.25, 0.3) is 22.0 Å². The Balaban J connectivity index is 1.34. The van der Waals surface area contributed by atoms with E-state index in [2.05, 4.69) is 85.6 Å². The number of amides is 1. The number of H-pyrrole nitrogens is 1. The predicted octanol–water partition coefficient (Wildman–Crippen LogP) is 6.07. The van der Waals surface area contributed by atoms with Crippen LogP contribution >= 0.6 is 0 Å². The largest absolute Gasteiger partial charge is 0.328 e. The fourth-order valence-corrected chi connectivity index (χ4v) is 5.58. The summed E-state index contributed by atoms with van der Waals surface area (Å²) in [7, 11) is 0. The van der Waals surface area contributed by atoms with Crippen LogP contribution in [0.3, 0.4) is 0 Å². The minimum atomic E-state index is -0.000111. The molecule has 4 aromatic rings. The van der Waals surface area contributed by atoms with Crippen LogP contribution in [0, 0.1) is 5.41 Å². The van der Waals surface area contributed by atoms with Gasteiger partial charge in [0, 0.05) is 28.9 Å². The number of carbonyl (C=O) groups is 1. The van der Waals surface area contributed by atoms with Gasteiger partial charge >= 0.3 is 0 Å². The first-order chi connectivity index (χ1) is 15.4. The number of nitrogens with zero attached hydrogens (tertiary/aromatic N) is 2. The molecule has 0 saturated heterocycles. The number of rotatable bonds is 3. The van der Waals surface area contributed by atoms with Gasteiger partial charge in [-0.15, -0.1) is 0 Å². The summed E-state index contributed by atoms with van der Waals surface area (Å²) in [5.74, 6) is 0.111. The predicted molar refractivity (Wildman–Crippen MR) is 127 cm³/mol. The Morgan fingerprint density at radius 2 is 1.84 bits per heavy atom. The molecule has 4 nitrogen and oxygen atoms in total. The lowest BCUT2D eigenvalue weighted by Crippen LogP contribution is -2.27. The maximum atomic E-state index is 13.3. The summed E-state index contributed by atoms with van der Waals surface area (Å²) < 4.78 is 0. The van der Waals surface area contributed by atoms with E-state index in [0.717, 1.165) is 35.2 Å². The molecule has 0 unspecified atom stereocenters. The minimum Gasteiger partial charge on any atom is -0.328 e. The lowest BCUT2D eigenvalue weighted by Gasteiger charge is -2.26. The van der Waals surface area contributed by atoms with E-state index in [4.69, 9.17) is 0 Å². The van der Waals surface area contributed by atoms with Crippen LogP contribution in [-0.4, -0.2) is 21.0 Å². The van der Waals surface area contributed by atoms with E-state index < -0.39 is 0 Å². The van der Waals surface area contributed by atoms with Crippen molar-refractivity contribution in [3.63, 3.8) is 0 Å². The second-order valence-corrected chi connectivity index (χ2v) is 10.1. The molecule has 0 spiro atoms. The minimum absolute atomic E-state index is 0.000111. The monoisotopic (exact) mass is 421 g/mol. The fraction of sp³-hybridized carbons (Fsp3) is 0.286. The molecule has 1 N–H and O–H groups in total. The fourth-order valence-electron chi connectivity index (χ4n) is 5.58. The molecule has 6 rings (SSSR count). The van der Waals surface area contributed by atoms with Gasteiger partial charge in [0.25, 0.3) is 5.91 Å². The molecule has 1 amide bonds. The Hall–Kier alpha value is -3.40. The Labute approximate surface area is 188 Å². The molecule has 0 saturated carbocycles. The Morgan fingerprint density at radius 1 is 1.03 bits per heavy atom. The highest BCUT2D eigenvalue weighted by atomic mass is 16.2. The Kier molecular flexibility index (Phi) is 4.10. The lowest BCUT2D eigenvalue weighted by molar-refractivity contribution is 0.0717. The third-order valence-electron chi connectivity index (χ3n) is 7.22. The Morgan fingerprint density at radius 3 is 2.72 bits per heavy atom. The van der Waals surface area contributed by atoms with Gasteiger partial charge in [0.2, 0.25) is 0 Å². The molecular weight excluding hydrogens is 394 g/mol. The number of benzene rings is 3. The summed E-state index contributed by atoms with van der Waals surface area (Å²) in [4.78, 5) is 15.3. The van der Waals surface area contributed by atoms with Gasteiger partial charge in [0.1, 0.15) is 0 Å². The first-order valence-corrected chi connectivity index (χ1v) is 11.4. The van der Waals surface area contributed by atoms with Crippen molar-refractivity contribution in [1.29, 1.82) is 0 Å². The van der Waals surface area contributed by atoms with Gasteiger partial charge in [0.05, 0.1) is 11.7 Å². The summed E-state index contributed by atoms with van der Waals surface area (Å²) in [6, 6.07) is 21.0. The van der Waals surface area contributed by atoms with Crippen molar-refractivity contribution in [3.05, 3.63) is 88.6 Å². The summed E-state index contributed by atoms with van der Waals surface area (Å²) in [5, 5.41) is 10.3. The molecule has 3 aromatic carbocycles. The average Bonchev–Trinajstić information content (AvgIpc) is 3.42. The quantitative estimate of drug-likeness (QED) is 0.436. The number of hydrogen-bond acceptors (Lipinski definition) is 2. The summed E-state index contributed by atoms with van der Waals surface area (Å²) in [6.45, 7) is 7.37. The molecule has 32 heavy (non-hydrogen) atoms. The maximum absolute atomic E-state index is 13.3. The second kappa shape index (κ2) is 6.80. The van der Waals surface area contributed by atoms with E-state index in [0.29, 0.717) is 6.54 Å². The normalized spacial score (nSPS) is 17.6. The molecule has 1 aliphatic heterocycles. The SMILES string of the molecule is C[C@H](c1cccc2ccccc12)N1Cc2cc(-c3n[nH]c4c3CC(C)(C)C4)ccc2C1=O. The first-order valence-electron chi connectivity index (χ1n) is 11.4. The zero-order valence-electron chi connectivity index (χ0n) is 18.8. The number of fused-ring (bicyclic) bond motifs is 3. The van der Waals surface area contributed by atoms with Crippen LogP contribution in [0.1, 0.15) is 59.6 Å². The van der Waals surface area contributed by atoms with Crippen molar-refractivity contribution in [1.82, 2.24) is 15.1 Å². The number of nitrogens with one attached hydrogen (secondary N) is 1. The van der Waals surface area contributed by atoms with E-state index in [9.17, 15) is 4.79 Å². The molecule has 0 fully saturated rings. The van der Waals surface area contributed by atoms with Crippen LogP contribution in [-0.2, 0) is 19.4 Å². The number of aromatic amines is 1. The van der Waals surface area contributed by atoms with Crippen molar-refractivity contribution < 1.29 is 4.79 Å². The molecule has 0 bridgehead atoms. The van der Waals surface area contributed by atoms with Crippen LogP contribution in [0.4, 0.5) is 0 Å². The smallest absolute Gasteiger partial charge is 0.255 e. The molecule has 1 aromatic heterocycles. The highest BCUT2D eigenvalue weighted by molar-refractivity contribution is 5.99. The molecule has 0 radical (unpaired) electrons. The van der Waals surface area contributed by atoms with E-state index in [-0.39, 0.29) is 17.4 Å². The zero-order valence-corrected chi connectivity index (χ0v) is 18.8. The van der Waals surface area contributed by atoms with Gasteiger partial charge in [-0.05, 0) is 59.2 Å². The molecule has 160 valence electrons. The van der Waals surface area contributed by atoms with Crippen molar-refractivity contribution in [2.24, 2.45) is 5.41 Å². The van der Waals surface area contributed by atoms with Crippen molar-refractivity contribution in [2.75, 3.05) is 0 Å². The number of aromatic nitrogens is 2. The highest BCUT2D eigenvalue weighted by Gasteiger charge is 2.35. The third-order valence-corrected chi connectivity index (χ3v) is 7.22. The van der Waals surface area contributed by atoms with Gasteiger partial charge in [-0.3, -0.25) is 9.89 Å². The molecule has 2 heterocycles. The van der Waals surface area contributed by atoms with Crippen molar-refractivity contribution >= 4 is 16.7 Å². The van der Waals surface area contributed by atoms with Crippen LogP contribution in [0.5, 0.6) is 0 Å². The van der Waals surface area contributed by atoms with Gasteiger partial charge in [-0.2, -0.15) is 5.10 Å². The Bertz CT molecular complexity index is 1380. The summed E-state index contributed by atoms with van der Waals surface area (Å²) in [6.07, 6.45) is 2.07. The van der Waals surface area contributed by atoms with Gasteiger partial charge in [-0.25, -0.2) is 0 Å². The topological polar surface area (TPSA) is 49.0 Å². The van der Waals surface area contributed by atoms with Crippen LogP contribution in [0.2, 0.25) is 0 Å². The van der Waals surface area contributed by atoms with Gasteiger partial charge < -0.3 is 4.90 Å². The maximum Gasteiger partial charge on any atom is 0.255 e. The molecular formula is C28H27N3O. The standard InChI is InChI=1S/C28H27N3O/c1-17(21-10-6-8-18-7-4-5-9-22(18)21)31-16-20-13-19(11-12-23(20)27(31)32)26-24-14-28(2,3)15-25(24)29-30-26/h4-13,17H,14-16H2,1-3H3,(H,29,30)/t17-/m1/s1.